The number of hydrogen-bond donors (Lipinski definition) is 0. The highest BCUT2D eigenvalue weighted by molar-refractivity contribution is 6.11. The lowest BCUT2D eigenvalue weighted by molar-refractivity contribution is 0.752. The van der Waals surface area contributed by atoms with Crippen LogP contribution in [0.2, 0.25) is 0 Å². The Labute approximate surface area is 465 Å². The van der Waals surface area contributed by atoms with Crippen LogP contribution in [0.5, 0.6) is 0 Å². The summed E-state index contributed by atoms with van der Waals surface area (Å²) in [6, 6.07) is 114. The molecule has 2 heterocycles. The van der Waals surface area contributed by atoms with E-state index in [0.29, 0.717) is 0 Å². The average molecular weight is 1020 g/mol. The normalized spacial score (nSPS) is 12.8. The van der Waals surface area contributed by atoms with Crippen molar-refractivity contribution in [2.45, 2.75) is 5.41 Å². The first-order chi connectivity index (χ1) is 39.7. The lowest BCUT2D eigenvalue weighted by Crippen LogP contribution is -2.36. The largest absolute Gasteiger partial charge is 0.310 e. The SMILES string of the molecule is c1ccc(N2c3ccccc3C3(c4ccccc4-c4ccc(N(c5ccc(-c6ccc7c(c6)c6ccccc6n7-c6ccccc6)cc5)c5ccccc5-c5ccccc5-c5cccc6ccccc56)cc43)c3ccccc32)cc1. The minimum Gasteiger partial charge on any atom is -0.310 e. The molecule has 13 aromatic carbocycles. The van der Waals surface area contributed by atoms with Crippen LogP contribution in [0, 0.1) is 0 Å². The lowest BCUT2D eigenvalue weighted by atomic mass is 9.64. The fourth-order valence-corrected chi connectivity index (χ4v) is 13.6. The van der Waals surface area contributed by atoms with E-state index in [4.69, 9.17) is 0 Å². The number of rotatable bonds is 8. The fraction of sp³-hybridized carbons (Fsp3) is 0.0130. The molecule has 3 nitrogen and oxygen atoms in total. The molecule has 374 valence electrons. The third-order valence-electron chi connectivity index (χ3n) is 17.0. The molecule has 14 aromatic rings. The zero-order valence-corrected chi connectivity index (χ0v) is 43.8. The Morgan fingerprint density at radius 3 is 1.54 bits per heavy atom. The van der Waals surface area contributed by atoms with Crippen LogP contribution >= 0.6 is 0 Å². The Hall–Kier alpha value is -10.5. The molecule has 1 aromatic heterocycles. The van der Waals surface area contributed by atoms with Crippen LogP contribution in [0.15, 0.2) is 309 Å². The number of aromatic nitrogens is 1. The number of anilines is 6. The summed E-state index contributed by atoms with van der Waals surface area (Å²) in [5.41, 5.74) is 24.3. The van der Waals surface area contributed by atoms with Crippen molar-refractivity contribution < 1.29 is 0 Å². The van der Waals surface area contributed by atoms with E-state index in [0.717, 1.165) is 39.6 Å². The minimum absolute atomic E-state index is 0.626. The monoisotopic (exact) mass is 1020 g/mol. The van der Waals surface area contributed by atoms with Gasteiger partial charge in [-0.05, 0) is 157 Å². The minimum atomic E-state index is -0.626. The molecular weight excluding hydrogens is 967 g/mol. The Balaban J connectivity index is 0.914. The first-order valence-corrected chi connectivity index (χ1v) is 27.7. The van der Waals surface area contributed by atoms with Crippen molar-refractivity contribution in [3.63, 3.8) is 0 Å². The van der Waals surface area contributed by atoms with E-state index >= 15 is 0 Å². The summed E-state index contributed by atoms with van der Waals surface area (Å²) in [6.07, 6.45) is 0. The average Bonchev–Trinajstić information content (AvgIpc) is 4.07. The molecule has 0 saturated carbocycles. The van der Waals surface area contributed by atoms with Crippen LogP contribution in [0.1, 0.15) is 22.3 Å². The molecular formula is C77H51N3. The van der Waals surface area contributed by atoms with Gasteiger partial charge in [-0.15, -0.1) is 0 Å². The van der Waals surface area contributed by atoms with Gasteiger partial charge in [-0.25, -0.2) is 0 Å². The van der Waals surface area contributed by atoms with Crippen LogP contribution < -0.4 is 9.80 Å². The van der Waals surface area contributed by atoms with E-state index in [-0.39, 0.29) is 0 Å². The molecule has 0 radical (unpaired) electrons. The molecule has 0 N–H and O–H groups in total. The Morgan fingerprint density at radius 1 is 0.275 bits per heavy atom. The number of fused-ring (bicyclic) bond motifs is 13. The van der Waals surface area contributed by atoms with E-state index in [1.165, 1.54) is 99.6 Å². The van der Waals surface area contributed by atoms with Crippen LogP contribution in [-0.4, -0.2) is 4.57 Å². The summed E-state index contributed by atoms with van der Waals surface area (Å²) in [5, 5.41) is 4.93. The highest BCUT2D eigenvalue weighted by Crippen LogP contribution is 2.64. The summed E-state index contributed by atoms with van der Waals surface area (Å²) < 4.78 is 2.38. The second-order valence-corrected chi connectivity index (χ2v) is 21.1. The van der Waals surface area contributed by atoms with Gasteiger partial charge >= 0.3 is 0 Å². The first-order valence-electron chi connectivity index (χ1n) is 27.7. The van der Waals surface area contributed by atoms with E-state index in [1.807, 2.05) is 0 Å². The van der Waals surface area contributed by atoms with Crippen molar-refractivity contribution in [1.29, 1.82) is 0 Å². The summed E-state index contributed by atoms with van der Waals surface area (Å²) in [7, 11) is 0. The molecule has 1 spiro atoms. The molecule has 80 heavy (non-hydrogen) atoms. The predicted molar refractivity (Wildman–Crippen MR) is 335 cm³/mol. The molecule has 0 bridgehead atoms. The molecule has 0 unspecified atom stereocenters. The van der Waals surface area contributed by atoms with Gasteiger partial charge in [-0.1, -0.05) is 224 Å². The third-order valence-corrected chi connectivity index (χ3v) is 17.0. The molecule has 2 aliphatic rings. The van der Waals surface area contributed by atoms with Crippen LogP contribution in [0.4, 0.5) is 34.1 Å². The summed E-state index contributed by atoms with van der Waals surface area (Å²) in [4.78, 5) is 4.96. The van der Waals surface area contributed by atoms with Crippen molar-refractivity contribution in [1.82, 2.24) is 4.57 Å². The van der Waals surface area contributed by atoms with Gasteiger partial charge < -0.3 is 14.4 Å². The van der Waals surface area contributed by atoms with E-state index in [1.54, 1.807) is 0 Å². The fourth-order valence-electron chi connectivity index (χ4n) is 13.6. The molecule has 1 aliphatic heterocycles. The van der Waals surface area contributed by atoms with Gasteiger partial charge in [0.15, 0.2) is 0 Å². The Morgan fingerprint density at radius 2 is 0.787 bits per heavy atom. The van der Waals surface area contributed by atoms with Crippen molar-refractivity contribution >= 4 is 66.7 Å². The maximum absolute atomic E-state index is 2.51. The number of benzene rings is 13. The van der Waals surface area contributed by atoms with Gasteiger partial charge in [0.05, 0.1) is 33.5 Å². The molecule has 1 aliphatic carbocycles. The van der Waals surface area contributed by atoms with Gasteiger partial charge in [0.25, 0.3) is 0 Å². The summed E-state index contributed by atoms with van der Waals surface area (Å²) >= 11 is 0. The van der Waals surface area contributed by atoms with Gasteiger partial charge in [0, 0.05) is 39.1 Å². The number of nitrogens with zero attached hydrogens (tertiary/aromatic N) is 3. The lowest BCUT2D eigenvalue weighted by Gasteiger charge is -2.45. The zero-order chi connectivity index (χ0) is 52.7. The Bertz CT molecular complexity index is 4670. The summed E-state index contributed by atoms with van der Waals surface area (Å²) in [6.45, 7) is 0. The van der Waals surface area contributed by atoms with E-state index in [9.17, 15) is 0 Å². The van der Waals surface area contributed by atoms with E-state index in [2.05, 4.69) is 324 Å². The third kappa shape index (κ3) is 6.87. The number of para-hydroxylation sites is 6. The van der Waals surface area contributed by atoms with Crippen molar-refractivity contribution in [2.24, 2.45) is 0 Å². The first kappa shape index (κ1) is 45.7. The molecule has 0 saturated heterocycles. The van der Waals surface area contributed by atoms with Crippen molar-refractivity contribution in [2.75, 3.05) is 9.80 Å². The van der Waals surface area contributed by atoms with Gasteiger partial charge in [0.1, 0.15) is 0 Å². The molecule has 0 atom stereocenters. The zero-order valence-electron chi connectivity index (χ0n) is 43.8. The summed E-state index contributed by atoms with van der Waals surface area (Å²) in [5.74, 6) is 0. The Kier molecular flexibility index (Phi) is 10.5. The second kappa shape index (κ2) is 18.3. The van der Waals surface area contributed by atoms with E-state index < -0.39 is 5.41 Å². The molecule has 16 rings (SSSR count). The molecule has 0 amide bonds. The smallest absolute Gasteiger partial charge is 0.0755 e. The van der Waals surface area contributed by atoms with Crippen LogP contribution in [0.3, 0.4) is 0 Å². The highest BCUT2D eigenvalue weighted by Gasteiger charge is 2.52. The predicted octanol–water partition coefficient (Wildman–Crippen LogP) is 20.6. The maximum atomic E-state index is 2.51. The highest BCUT2D eigenvalue weighted by atomic mass is 15.2. The standard InChI is InChI=1S/C77H51N3/c1-3-24-55(25-4-1)79-73-39-18-13-33-66(73)67-50-54(44-49-74(67)79)52-42-45-57(46-43-52)78(72-38-17-12-32-65(72)62-30-10-9-29-61(62)60-34-21-23-53-22-7-8-28-59(53)60)58-47-48-64-63-31-11-14-35-68(63)77(71(64)51-58)69-36-15-19-40-75(69)80(56-26-5-2-6-27-56)76-41-20-16-37-70(76)77/h1-51H. The quantitative estimate of drug-likeness (QED) is 0.150. The van der Waals surface area contributed by atoms with Crippen LogP contribution in [0.25, 0.3) is 82.8 Å². The second-order valence-electron chi connectivity index (χ2n) is 21.1. The van der Waals surface area contributed by atoms with Crippen LogP contribution in [-0.2, 0) is 5.41 Å². The number of hydrogen-bond acceptors (Lipinski definition) is 2. The van der Waals surface area contributed by atoms with Crippen molar-refractivity contribution in [3.05, 3.63) is 332 Å². The van der Waals surface area contributed by atoms with Gasteiger partial charge in [0.2, 0.25) is 0 Å². The topological polar surface area (TPSA) is 11.4 Å². The molecule has 0 fully saturated rings. The van der Waals surface area contributed by atoms with Crippen molar-refractivity contribution in [3.8, 4) is 50.2 Å². The van der Waals surface area contributed by atoms with Gasteiger partial charge in [-0.2, -0.15) is 0 Å². The van der Waals surface area contributed by atoms with Gasteiger partial charge in [-0.3, -0.25) is 0 Å². The maximum Gasteiger partial charge on any atom is 0.0755 e. The molecule has 3 heteroatoms.